The first-order valence-electron chi connectivity index (χ1n) is 5.68. The van der Waals surface area contributed by atoms with E-state index >= 15 is 0 Å². The highest BCUT2D eigenvalue weighted by molar-refractivity contribution is 5.73. The minimum Gasteiger partial charge on any atom is -0.370 e. The maximum absolute atomic E-state index is 10.6. The van der Waals surface area contributed by atoms with E-state index in [1.807, 2.05) is 0 Å². The number of allylic oxidation sites excluding steroid dienone is 2. The number of amides is 1. The lowest BCUT2D eigenvalue weighted by Crippen LogP contribution is -2.13. The van der Waals surface area contributed by atoms with Gasteiger partial charge in [-0.25, -0.2) is 0 Å². The molecule has 0 aromatic carbocycles. The third-order valence-corrected chi connectivity index (χ3v) is 3.75. The van der Waals surface area contributed by atoms with Gasteiger partial charge in [0.25, 0.3) is 0 Å². The molecule has 0 saturated heterocycles. The summed E-state index contributed by atoms with van der Waals surface area (Å²) in [7, 11) is 0. The predicted octanol–water partition coefficient (Wildman–Crippen LogP) is 2.39. The molecule has 0 radical (unpaired) electrons. The summed E-state index contributed by atoms with van der Waals surface area (Å²) < 4.78 is 0. The summed E-state index contributed by atoms with van der Waals surface area (Å²) in [5.74, 6) is 0.708. The van der Waals surface area contributed by atoms with Crippen LogP contribution in [0.3, 0.4) is 0 Å². The number of carbonyl (C=O) groups excluding carboxylic acids is 1. The Morgan fingerprint density at radius 2 is 2.36 bits per heavy atom. The zero-order chi connectivity index (χ0) is 10.0. The van der Waals surface area contributed by atoms with Crippen molar-refractivity contribution in [2.45, 2.75) is 44.9 Å². The number of primary amides is 1. The van der Waals surface area contributed by atoms with Crippen molar-refractivity contribution in [1.29, 1.82) is 0 Å². The molecule has 2 nitrogen and oxygen atoms in total. The topological polar surface area (TPSA) is 43.1 Å². The van der Waals surface area contributed by atoms with Crippen LogP contribution in [0.1, 0.15) is 44.9 Å². The van der Waals surface area contributed by atoms with Gasteiger partial charge in [-0.05, 0) is 43.4 Å². The first-order chi connectivity index (χ1) is 6.70. The zero-order valence-electron chi connectivity index (χ0n) is 8.67. The van der Waals surface area contributed by atoms with Crippen LogP contribution in [-0.2, 0) is 4.79 Å². The lowest BCUT2D eigenvalue weighted by Gasteiger charge is -2.22. The van der Waals surface area contributed by atoms with E-state index < -0.39 is 0 Å². The first kappa shape index (κ1) is 9.75. The van der Waals surface area contributed by atoms with Crippen molar-refractivity contribution < 1.29 is 4.79 Å². The van der Waals surface area contributed by atoms with E-state index in [1.54, 1.807) is 0 Å². The third-order valence-electron chi connectivity index (χ3n) is 3.75. The number of hydrogen-bond acceptors (Lipinski definition) is 1. The molecule has 2 bridgehead atoms. The summed E-state index contributed by atoms with van der Waals surface area (Å²) in [6.07, 6.45) is 12.9. The number of fused-ring (bicyclic) bond motifs is 2. The molecule has 2 rings (SSSR count). The molecule has 0 aromatic heterocycles. The number of nitrogens with two attached hydrogens (primary N) is 1. The number of carbonyl (C=O) groups is 1. The fourth-order valence-corrected chi connectivity index (χ4v) is 2.94. The first-order valence-corrected chi connectivity index (χ1v) is 5.68. The van der Waals surface area contributed by atoms with E-state index in [1.165, 1.54) is 25.7 Å². The summed E-state index contributed by atoms with van der Waals surface area (Å²) in [5.41, 5.74) is 5.62. The average molecular weight is 193 g/mol. The lowest BCUT2D eigenvalue weighted by molar-refractivity contribution is -0.118. The minimum atomic E-state index is -0.159. The van der Waals surface area contributed by atoms with Crippen molar-refractivity contribution >= 4 is 5.91 Å². The standard InChI is InChI=1S/C12H19NO/c13-11(14)3-1-2-6-12-7-4-10(9-12)5-8-12/h4,7,10H,1-3,5-6,8-9H2,(H2,13,14). The average Bonchev–Trinajstić information content (AvgIpc) is 2.72. The molecule has 2 N–H and O–H groups in total. The Labute approximate surface area is 85.6 Å². The Hall–Kier alpha value is -0.790. The smallest absolute Gasteiger partial charge is 0.217 e. The van der Waals surface area contributed by atoms with E-state index in [2.05, 4.69) is 12.2 Å². The van der Waals surface area contributed by atoms with Gasteiger partial charge in [0.1, 0.15) is 0 Å². The van der Waals surface area contributed by atoms with Crippen molar-refractivity contribution in [3.05, 3.63) is 12.2 Å². The Balaban J connectivity index is 1.71. The van der Waals surface area contributed by atoms with Gasteiger partial charge in [0.15, 0.2) is 0 Å². The van der Waals surface area contributed by atoms with Crippen LogP contribution in [0.5, 0.6) is 0 Å². The second kappa shape index (κ2) is 3.76. The second-order valence-electron chi connectivity index (χ2n) is 4.90. The van der Waals surface area contributed by atoms with E-state index in [0.29, 0.717) is 11.8 Å². The molecule has 2 atom stereocenters. The zero-order valence-corrected chi connectivity index (χ0v) is 8.67. The van der Waals surface area contributed by atoms with Gasteiger partial charge in [-0.1, -0.05) is 18.6 Å². The summed E-state index contributed by atoms with van der Waals surface area (Å²) in [5, 5.41) is 0. The highest BCUT2D eigenvalue weighted by Crippen LogP contribution is 2.51. The molecule has 0 aromatic rings. The Morgan fingerprint density at radius 3 is 2.86 bits per heavy atom. The number of rotatable bonds is 5. The van der Waals surface area contributed by atoms with Crippen molar-refractivity contribution in [3.8, 4) is 0 Å². The normalized spacial score (nSPS) is 33.9. The Kier molecular flexibility index (Phi) is 2.62. The van der Waals surface area contributed by atoms with Gasteiger partial charge in [0, 0.05) is 6.42 Å². The molecule has 0 spiro atoms. The highest BCUT2D eigenvalue weighted by Gasteiger charge is 2.39. The van der Waals surface area contributed by atoms with E-state index in [4.69, 9.17) is 5.73 Å². The SMILES string of the molecule is NC(=O)CCCCC12C=CC(CC1)C2. The summed E-state index contributed by atoms with van der Waals surface area (Å²) in [6, 6.07) is 0. The monoisotopic (exact) mass is 193 g/mol. The quantitative estimate of drug-likeness (QED) is 0.528. The summed E-state index contributed by atoms with van der Waals surface area (Å²) in [6.45, 7) is 0. The second-order valence-corrected chi connectivity index (χ2v) is 4.90. The highest BCUT2D eigenvalue weighted by atomic mass is 16.1. The Bertz CT molecular complexity index is 259. The maximum atomic E-state index is 10.6. The van der Waals surface area contributed by atoms with E-state index in [0.717, 1.165) is 18.8 Å². The minimum absolute atomic E-state index is 0.159. The van der Waals surface area contributed by atoms with Crippen LogP contribution in [0, 0.1) is 11.3 Å². The summed E-state index contributed by atoms with van der Waals surface area (Å²) in [4.78, 5) is 10.6. The van der Waals surface area contributed by atoms with Crippen molar-refractivity contribution in [3.63, 3.8) is 0 Å². The molecule has 2 heteroatoms. The number of hydrogen-bond donors (Lipinski definition) is 1. The van der Waals surface area contributed by atoms with Gasteiger partial charge in [-0.3, -0.25) is 4.79 Å². The van der Waals surface area contributed by atoms with Gasteiger partial charge < -0.3 is 5.73 Å². The van der Waals surface area contributed by atoms with E-state index in [9.17, 15) is 4.79 Å². The van der Waals surface area contributed by atoms with Gasteiger partial charge in [0.2, 0.25) is 5.91 Å². The van der Waals surface area contributed by atoms with Crippen LogP contribution in [0.15, 0.2) is 12.2 Å². The number of unbranched alkanes of at least 4 members (excludes halogenated alkanes) is 1. The molecule has 0 aliphatic heterocycles. The van der Waals surface area contributed by atoms with Crippen molar-refractivity contribution in [2.24, 2.45) is 17.1 Å². The van der Waals surface area contributed by atoms with Crippen LogP contribution in [-0.4, -0.2) is 5.91 Å². The molecule has 1 fully saturated rings. The fourth-order valence-electron chi connectivity index (χ4n) is 2.94. The largest absolute Gasteiger partial charge is 0.370 e. The molecule has 2 aliphatic rings. The molecule has 1 saturated carbocycles. The molecule has 1 amide bonds. The van der Waals surface area contributed by atoms with Crippen LogP contribution in [0.25, 0.3) is 0 Å². The molecular formula is C12H19NO. The third kappa shape index (κ3) is 1.99. The predicted molar refractivity (Wildman–Crippen MR) is 56.6 cm³/mol. The van der Waals surface area contributed by atoms with Crippen LogP contribution in [0.2, 0.25) is 0 Å². The maximum Gasteiger partial charge on any atom is 0.217 e. The molecule has 2 unspecified atom stereocenters. The Morgan fingerprint density at radius 1 is 1.50 bits per heavy atom. The van der Waals surface area contributed by atoms with Crippen LogP contribution in [0.4, 0.5) is 0 Å². The van der Waals surface area contributed by atoms with Gasteiger partial charge in [0.05, 0.1) is 0 Å². The van der Waals surface area contributed by atoms with Crippen molar-refractivity contribution in [1.82, 2.24) is 0 Å². The van der Waals surface area contributed by atoms with Gasteiger partial charge in [-0.2, -0.15) is 0 Å². The van der Waals surface area contributed by atoms with Crippen LogP contribution >= 0.6 is 0 Å². The molecule has 2 aliphatic carbocycles. The molecule has 78 valence electrons. The summed E-state index contributed by atoms with van der Waals surface area (Å²) >= 11 is 0. The van der Waals surface area contributed by atoms with E-state index in [-0.39, 0.29) is 5.91 Å². The van der Waals surface area contributed by atoms with Crippen LogP contribution < -0.4 is 5.73 Å². The van der Waals surface area contributed by atoms with Gasteiger partial charge in [-0.15, -0.1) is 0 Å². The van der Waals surface area contributed by atoms with Gasteiger partial charge >= 0.3 is 0 Å². The van der Waals surface area contributed by atoms with Crippen molar-refractivity contribution in [2.75, 3.05) is 0 Å². The molecule has 14 heavy (non-hydrogen) atoms. The molecule has 0 heterocycles. The lowest BCUT2D eigenvalue weighted by atomic mass is 9.82. The molecular weight excluding hydrogens is 174 g/mol. The fraction of sp³-hybridized carbons (Fsp3) is 0.750.